The minimum atomic E-state index is -0.581. The van der Waals surface area contributed by atoms with Gasteiger partial charge in [0.05, 0.1) is 6.10 Å². The highest BCUT2D eigenvalue weighted by Gasteiger charge is 2.21. The maximum absolute atomic E-state index is 9.40. The van der Waals surface area contributed by atoms with Crippen molar-refractivity contribution in [3.05, 3.63) is 41.5 Å². The lowest BCUT2D eigenvalue weighted by Gasteiger charge is -2.22. The third-order valence-corrected chi connectivity index (χ3v) is 3.17. The molecule has 118 valence electrons. The zero-order valence-electron chi connectivity index (χ0n) is 12.0. The molecule has 0 bridgehead atoms. The molecule has 1 atom stereocenters. The van der Waals surface area contributed by atoms with Gasteiger partial charge in [0.1, 0.15) is 23.9 Å². The summed E-state index contributed by atoms with van der Waals surface area (Å²) in [5.74, 6) is 0.250. The number of fused-ring (bicyclic) bond motifs is 1. The summed E-state index contributed by atoms with van der Waals surface area (Å²) in [4.78, 5) is 0. The molecule has 0 amide bonds. The van der Waals surface area contributed by atoms with E-state index in [2.05, 4.69) is 0 Å². The zero-order chi connectivity index (χ0) is 16.3. The molecule has 6 heteroatoms. The van der Waals surface area contributed by atoms with E-state index in [1.807, 2.05) is 6.92 Å². The molecule has 0 radical (unpaired) electrons. The van der Waals surface area contributed by atoms with Crippen LogP contribution in [0.2, 0.25) is 0 Å². The molecular weight excluding hydrogens is 288 g/mol. The predicted molar refractivity (Wildman–Crippen MR) is 79.5 cm³/mol. The number of benzene rings is 2. The van der Waals surface area contributed by atoms with Gasteiger partial charge in [-0.15, -0.1) is 0 Å². The molecule has 6 nitrogen and oxygen atoms in total. The van der Waals surface area contributed by atoms with Crippen LogP contribution in [0, 0.1) is 6.92 Å². The number of hydrogen-bond donors (Lipinski definition) is 5. The predicted octanol–water partition coefficient (Wildman–Crippen LogP) is 1.80. The Bertz CT molecular complexity index is 668. The van der Waals surface area contributed by atoms with Gasteiger partial charge in [0.2, 0.25) is 0 Å². The van der Waals surface area contributed by atoms with Gasteiger partial charge in [0.25, 0.3) is 0 Å². The second kappa shape index (κ2) is 6.44. The Balaban J connectivity index is 0.000000172. The lowest BCUT2D eigenvalue weighted by Crippen LogP contribution is -2.25. The number of hydrogen-bond acceptors (Lipinski definition) is 6. The molecule has 0 saturated heterocycles. The van der Waals surface area contributed by atoms with Crippen LogP contribution < -0.4 is 4.74 Å². The lowest BCUT2D eigenvalue weighted by molar-refractivity contribution is 0.0906. The van der Waals surface area contributed by atoms with Crippen molar-refractivity contribution in [1.82, 2.24) is 0 Å². The van der Waals surface area contributed by atoms with Gasteiger partial charge in [-0.2, -0.15) is 0 Å². The monoisotopic (exact) mass is 306 g/mol. The van der Waals surface area contributed by atoms with Crippen molar-refractivity contribution in [2.45, 2.75) is 19.4 Å². The van der Waals surface area contributed by atoms with Crippen molar-refractivity contribution < 1.29 is 30.3 Å². The summed E-state index contributed by atoms with van der Waals surface area (Å²) in [6.45, 7) is 2.05. The van der Waals surface area contributed by atoms with Gasteiger partial charge in [-0.3, -0.25) is 0 Å². The molecule has 5 N–H and O–H groups in total. The van der Waals surface area contributed by atoms with Gasteiger partial charge in [-0.25, -0.2) is 0 Å². The average Bonchev–Trinajstić information content (AvgIpc) is 2.45. The van der Waals surface area contributed by atoms with E-state index in [9.17, 15) is 10.2 Å². The van der Waals surface area contributed by atoms with E-state index in [1.165, 1.54) is 24.3 Å². The van der Waals surface area contributed by atoms with Gasteiger partial charge >= 0.3 is 0 Å². The number of phenolic OH excluding ortho intramolecular Hbond substituents is 4. The SMILES string of the molecule is Cc1ccc(O)c(O)c1.Oc1cc(O)c2c(c1)OC[C@@H](O)C2. The minimum absolute atomic E-state index is 0.0336. The molecule has 2 aromatic carbocycles. The van der Waals surface area contributed by atoms with Crippen LogP contribution in [0.4, 0.5) is 0 Å². The molecule has 0 aliphatic carbocycles. The number of aliphatic hydroxyl groups is 1. The van der Waals surface area contributed by atoms with E-state index in [4.69, 9.17) is 20.1 Å². The van der Waals surface area contributed by atoms with Crippen LogP contribution >= 0.6 is 0 Å². The summed E-state index contributed by atoms with van der Waals surface area (Å²) in [5.41, 5.74) is 1.49. The van der Waals surface area contributed by atoms with Crippen molar-refractivity contribution in [3.8, 4) is 28.7 Å². The molecule has 3 rings (SSSR count). The third kappa shape index (κ3) is 3.73. The Kier molecular flexibility index (Phi) is 4.62. The van der Waals surface area contributed by atoms with Gasteiger partial charge < -0.3 is 30.3 Å². The van der Waals surface area contributed by atoms with E-state index >= 15 is 0 Å². The number of aryl methyl sites for hydroxylation is 1. The molecule has 1 heterocycles. The van der Waals surface area contributed by atoms with Crippen LogP contribution in [0.25, 0.3) is 0 Å². The molecule has 22 heavy (non-hydrogen) atoms. The van der Waals surface area contributed by atoms with Gasteiger partial charge in [-0.05, 0) is 24.6 Å². The number of ether oxygens (including phenoxy) is 1. The van der Waals surface area contributed by atoms with Gasteiger partial charge in [0.15, 0.2) is 11.5 Å². The van der Waals surface area contributed by atoms with Crippen molar-refractivity contribution in [3.63, 3.8) is 0 Å². The van der Waals surface area contributed by atoms with Crippen LogP contribution in [0.3, 0.4) is 0 Å². The zero-order valence-corrected chi connectivity index (χ0v) is 12.0. The standard InChI is InChI=1S/C9H10O4.C7H8O2/c10-5-2-8(12)7-1-6(11)4-13-9(7)3-5;1-5-2-3-6(8)7(9)4-5/h2-3,6,10-12H,1,4H2;2-4,8-9H,1H3/t6-;/m0./s1. The number of rotatable bonds is 0. The van der Waals surface area contributed by atoms with E-state index in [0.29, 0.717) is 17.7 Å². The fourth-order valence-electron chi connectivity index (χ4n) is 2.06. The molecule has 0 saturated carbocycles. The Morgan fingerprint density at radius 3 is 2.32 bits per heavy atom. The van der Waals surface area contributed by atoms with Crippen LogP contribution in [-0.2, 0) is 6.42 Å². The van der Waals surface area contributed by atoms with Crippen LogP contribution in [0.15, 0.2) is 30.3 Å². The average molecular weight is 306 g/mol. The summed E-state index contributed by atoms with van der Waals surface area (Å²) >= 11 is 0. The molecule has 0 aromatic heterocycles. The summed E-state index contributed by atoms with van der Waals surface area (Å²) in [7, 11) is 0. The molecule has 0 unspecified atom stereocenters. The van der Waals surface area contributed by atoms with E-state index in [-0.39, 0.29) is 29.6 Å². The molecule has 0 fully saturated rings. The van der Waals surface area contributed by atoms with Crippen LogP contribution in [0.1, 0.15) is 11.1 Å². The third-order valence-electron chi connectivity index (χ3n) is 3.17. The van der Waals surface area contributed by atoms with Crippen molar-refractivity contribution in [2.75, 3.05) is 6.61 Å². The Labute approximate surface area is 127 Å². The highest BCUT2D eigenvalue weighted by molar-refractivity contribution is 5.50. The largest absolute Gasteiger partial charge is 0.508 e. The first kappa shape index (κ1) is 15.8. The fourth-order valence-corrected chi connectivity index (χ4v) is 2.06. The smallest absolute Gasteiger partial charge is 0.157 e. The highest BCUT2D eigenvalue weighted by Crippen LogP contribution is 2.35. The number of aromatic hydroxyl groups is 4. The Morgan fingerprint density at radius 2 is 1.68 bits per heavy atom. The normalized spacial score (nSPS) is 16.0. The van der Waals surface area contributed by atoms with Crippen molar-refractivity contribution in [1.29, 1.82) is 0 Å². The van der Waals surface area contributed by atoms with Gasteiger partial charge in [0, 0.05) is 24.1 Å². The fraction of sp³-hybridized carbons (Fsp3) is 0.250. The quantitative estimate of drug-likeness (QED) is 0.475. The van der Waals surface area contributed by atoms with E-state index in [1.54, 1.807) is 6.07 Å². The van der Waals surface area contributed by atoms with Crippen LogP contribution in [-0.4, -0.2) is 38.2 Å². The summed E-state index contributed by atoms with van der Waals surface area (Å²) in [6, 6.07) is 7.37. The molecule has 2 aromatic rings. The van der Waals surface area contributed by atoms with Gasteiger partial charge in [-0.1, -0.05) is 6.07 Å². The first-order valence-electron chi connectivity index (χ1n) is 6.71. The minimum Gasteiger partial charge on any atom is -0.508 e. The second-order valence-corrected chi connectivity index (χ2v) is 5.10. The molecule has 1 aliphatic heterocycles. The topological polar surface area (TPSA) is 110 Å². The van der Waals surface area contributed by atoms with Crippen molar-refractivity contribution in [2.24, 2.45) is 0 Å². The van der Waals surface area contributed by atoms with Crippen LogP contribution in [0.5, 0.6) is 28.7 Å². The molecular formula is C16H18O6. The first-order chi connectivity index (χ1) is 10.4. The number of phenols is 4. The molecule has 0 spiro atoms. The number of aliphatic hydroxyl groups excluding tert-OH is 1. The summed E-state index contributed by atoms with van der Waals surface area (Å²) in [5, 5.41) is 45.4. The van der Waals surface area contributed by atoms with E-state index < -0.39 is 6.10 Å². The molecule has 1 aliphatic rings. The van der Waals surface area contributed by atoms with E-state index in [0.717, 1.165) is 5.56 Å². The summed E-state index contributed by atoms with van der Waals surface area (Å²) < 4.78 is 5.13. The lowest BCUT2D eigenvalue weighted by atomic mass is 10.0. The Morgan fingerprint density at radius 1 is 0.955 bits per heavy atom. The first-order valence-corrected chi connectivity index (χ1v) is 6.71. The summed E-state index contributed by atoms with van der Waals surface area (Å²) in [6.07, 6.45) is -0.218. The van der Waals surface area contributed by atoms with Crippen molar-refractivity contribution >= 4 is 0 Å². The maximum atomic E-state index is 9.40. The highest BCUT2D eigenvalue weighted by atomic mass is 16.5. The maximum Gasteiger partial charge on any atom is 0.157 e. The Hall–Kier alpha value is -2.60. The second-order valence-electron chi connectivity index (χ2n) is 5.10.